The van der Waals surface area contributed by atoms with E-state index in [1.165, 1.54) is 0 Å². The summed E-state index contributed by atoms with van der Waals surface area (Å²) in [5.41, 5.74) is 3.58. The van der Waals surface area contributed by atoms with E-state index in [1.54, 1.807) is 0 Å². The van der Waals surface area contributed by atoms with Crippen molar-refractivity contribution in [2.45, 2.75) is 94.2 Å². The van der Waals surface area contributed by atoms with Gasteiger partial charge in [0.05, 0.1) is 18.3 Å². The fourth-order valence-electron chi connectivity index (χ4n) is 4.47. The van der Waals surface area contributed by atoms with Crippen LogP contribution in [0, 0.1) is 12.8 Å². The van der Waals surface area contributed by atoms with Crippen LogP contribution in [-0.2, 0) is 17.8 Å². The van der Waals surface area contributed by atoms with E-state index >= 15 is 0 Å². The van der Waals surface area contributed by atoms with Crippen molar-refractivity contribution >= 4 is 5.91 Å². The molecule has 0 radical (unpaired) electrons. The van der Waals surface area contributed by atoms with Crippen molar-refractivity contribution in [3.63, 3.8) is 0 Å². The first-order valence-electron chi connectivity index (χ1n) is 14.4. The number of nitrogens with zero attached hydrogens (tertiary/aromatic N) is 3. The summed E-state index contributed by atoms with van der Waals surface area (Å²) < 4.78 is 1.82. The van der Waals surface area contributed by atoms with E-state index in [4.69, 9.17) is 4.98 Å². The van der Waals surface area contributed by atoms with Crippen molar-refractivity contribution in [3.8, 4) is 0 Å². The van der Waals surface area contributed by atoms with E-state index in [0.29, 0.717) is 37.7 Å². The molecule has 208 valence electrons. The molecule has 0 atom stereocenters. The number of amides is 1. The standard InChI is InChI=1S/C27H31N3O2.3C2H6/c1-19(2)14-15-25(31)29-17-16-23-24(18-29)28-20(3)30(27(23)32)26(21-10-6-4-7-11-21)22-12-8-5-9-13-22;3*1-2/h4-13,19,26H,14-18H2,1-3H3;3*1-2H3. The van der Waals surface area contributed by atoms with Crippen LogP contribution < -0.4 is 5.56 Å². The number of aromatic nitrogens is 2. The molecule has 38 heavy (non-hydrogen) atoms. The predicted octanol–water partition coefficient (Wildman–Crippen LogP) is 7.59. The molecule has 0 saturated heterocycles. The largest absolute Gasteiger partial charge is 0.336 e. The first-order chi connectivity index (χ1) is 18.5. The summed E-state index contributed by atoms with van der Waals surface area (Å²) in [5, 5.41) is 0. The molecule has 2 aromatic carbocycles. The number of fused-ring (bicyclic) bond motifs is 1. The van der Waals surface area contributed by atoms with Crippen molar-refractivity contribution in [1.29, 1.82) is 0 Å². The van der Waals surface area contributed by atoms with Crippen LogP contribution in [0.3, 0.4) is 0 Å². The highest BCUT2D eigenvalue weighted by Gasteiger charge is 2.28. The second-order valence-electron chi connectivity index (χ2n) is 8.98. The van der Waals surface area contributed by atoms with Crippen LogP contribution in [0.2, 0.25) is 0 Å². The molecule has 5 nitrogen and oxygen atoms in total. The van der Waals surface area contributed by atoms with Gasteiger partial charge in [-0.3, -0.25) is 14.2 Å². The molecule has 0 saturated carbocycles. The summed E-state index contributed by atoms with van der Waals surface area (Å²) >= 11 is 0. The van der Waals surface area contributed by atoms with Gasteiger partial charge in [-0.2, -0.15) is 0 Å². The van der Waals surface area contributed by atoms with E-state index < -0.39 is 0 Å². The Morgan fingerprint density at radius 1 is 0.868 bits per heavy atom. The molecule has 5 heteroatoms. The molecule has 1 aliphatic rings. The molecule has 0 spiro atoms. The minimum atomic E-state index is -0.242. The Hall–Kier alpha value is -3.21. The van der Waals surface area contributed by atoms with Crippen LogP contribution in [0.15, 0.2) is 65.5 Å². The average Bonchev–Trinajstić information content (AvgIpc) is 2.97. The summed E-state index contributed by atoms with van der Waals surface area (Å²) in [6.45, 7) is 19.1. The number of carbonyl (C=O) groups is 1. The number of benzene rings is 2. The smallest absolute Gasteiger partial charge is 0.257 e. The number of hydrogen-bond donors (Lipinski definition) is 0. The van der Waals surface area contributed by atoms with Gasteiger partial charge in [-0.15, -0.1) is 0 Å². The molecule has 1 aromatic heterocycles. The van der Waals surface area contributed by atoms with Gasteiger partial charge < -0.3 is 4.90 Å². The van der Waals surface area contributed by atoms with E-state index in [1.807, 2.05) is 94.3 Å². The van der Waals surface area contributed by atoms with Crippen molar-refractivity contribution < 1.29 is 4.79 Å². The SMILES string of the molecule is CC.CC.CC.Cc1nc2c(c(=O)n1C(c1ccccc1)c1ccccc1)CCN(C(=O)CCC(C)C)C2. The van der Waals surface area contributed by atoms with Crippen LogP contribution >= 0.6 is 0 Å². The predicted molar refractivity (Wildman–Crippen MR) is 161 cm³/mol. The highest BCUT2D eigenvalue weighted by atomic mass is 16.2. The Balaban J connectivity index is 0.00000112. The molecule has 4 rings (SSSR count). The van der Waals surface area contributed by atoms with Gasteiger partial charge in [-0.05, 0) is 36.8 Å². The average molecular weight is 520 g/mol. The van der Waals surface area contributed by atoms with Crippen molar-refractivity contribution in [3.05, 3.63) is 99.2 Å². The number of rotatable bonds is 6. The Morgan fingerprint density at radius 3 is 1.84 bits per heavy atom. The van der Waals surface area contributed by atoms with E-state index in [-0.39, 0.29) is 17.5 Å². The zero-order valence-corrected chi connectivity index (χ0v) is 25.1. The zero-order valence-electron chi connectivity index (χ0n) is 25.1. The Morgan fingerprint density at radius 2 is 1.37 bits per heavy atom. The minimum absolute atomic E-state index is 0.000476. The van der Waals surface area contributed by atoms with Gasteiger partial charge in [0.15, 0.2) is 0 Å². The maximum Gasteiger partial charge on any atom is 0.257 e. The number of hydrogen-bond acceptors (Lipinski definition) is 3. The van der Waals surface area contributed by atoms with Crippen LogP contribution in [0.5, 0.6) is 0 Å². The maximum absolute atomic E-state index is 13.7. The molecule has 0 unspecified atom stereocenters. The highest BCUT2D eigenvalue weighted by Crippen LogP contribution is 2.27. The summed E-state index contributed by atoms with van der Waals surface area (Å²) in [6.07, 6.45) is 1.98. The van der Waals surface area contributed by atoms with Gasteiger partial charge in [0.25, 0.3) is 5.56 Å². The van der Waals surface area contributed by atoms with Gasteiger partial charge in [0.1, 0.15) is 5.82 Å². The van der Waals surface area contributed by atoms with E-state index in [0.717, 1.165) is 28.8 Å². The van der Waals surface area contributed by atoms with Crippen molar-refractivity contribution in [2.24, 2.45) is 5.92 Å². The molecule has 2 heterocycles. The molecular formula is C33H49N3O2. The fraction of sp³-hybridized carbons (Fsp3) is 0.485. The Bertz CT molecular complexity index is 1100. The topological polar surface area (TPSA) is 55.2 Å². The molecular weight excluding hydrogens is 470 g/mol. The van der Waals surface area contributed by atoms with E-state index in [9.17, 15) is 9.59 Å². The van der Waals surface area contributed by atoms with Gasteiger partial charge >= 0.3 is 0 Å². The third kappa shape index (κ3) is 8.41. The van der Waals surface area contributed by atoms with Gasteiger partial charge in [-0.25, -0.2) is 4.98 Å². The lowest BCUT2D eigenvalue weighted by molar-refractivity contribution is -0.132. The third-order valence-corrected chi connectivity index (χ3v) is 6.22. The number of aryl methyl sites for hydroxylation is 1. The van der Waals surface area contributed by atoms with Crippen LogP contribution in [0.1, 0.15) is 102 Å². The monoisotopic (exact) mass is 519 g/mol. The molecule has 0 aliphatic carbocycles. The van der Waals surface area contributed by atoms with Crippen molar-refractivity contribution in [2.75, 3.05) is 6.54 Å². The molecule has 0 bridgehead atoms. The fourth-order valence-corrected chi connectivity index (χ4v) is 4.47. The van der Waals surface area contributed by atoms with Gasteiger partial charge in [0.2, 0.25) is 5.91 Å². The third-order valence-electron chi connectivity index (χ3n) is 6.22. The summed E-state index contributed by atoms with van der Waals surface area (Å²) in [6, 6.07) is 19.9. The first kappa shape index (κ1) is 32.8. The highest BCUT2D eigenvalue weighted by molar-refractivity contribution is 5.76. The lowest BCUT2D eigenvalue weighted by Gasteiger charge is -2.30. The molecule has 0 fully saturated rings. The Labute approximate surface area is 230 Å². The minimum Gasteiger partial charge on any atom is -0.336 e. The normalized spacial score (nSPS) is 11.8. The molecule has 0 N–H and O–H groups in total. The number of carbonyl (C=O) groups excluding carboxylic acids is 1. The zero-order chi connectivity index (χ0) is 28.7. The maximum atomic E-state index is 13.7. The van der Waals surface area contributed by atoms with Crippen molar-refractivity contribution in [1.82, 2.24) is 14.5 Å². The second kappa shape index (κ2) is 17.3. The molecule has 1 amide bonds. The van der Waals surface area contributed by atoms with Crippen LogP contribution in [0.25, 0.3) is 0 Å². The quantitative estimate of drug-likeness (QED) is 0.337. The summed E-state index contributed by atoms with van der Waals surface area (Å²) in [5.74, 6) is 1.32. The lowest BCUT2D eigenvalue weighted by atomic mass is 9.97. The molecule has 1 aliphatic heterocycles. The van der Waals surface area contributed by atoms with Gasteiger partial charge in [0, 0.05) is 18.5 Å². The van der Waals surface area contributed by atoms with Crippen LogP contribution in [-0.4, -0.2) is 26.9 Å². The summed E-state index contributed by atoms with van der Waals surface area (Å²) in [4.78, 5) is 33.1. The molecule has 3 aromatic rings. The Kier molecular flexibility index (Phi) is 15.0. The van der Waals surface area contributed by atoms with E-state index in [2.05, 4.69) is 38.1 Å². The second-order valence-corrected chi connectivity index (χ2v) is 8.98. The lowest BCUT2D eigenvalue weighted by Crippen LogP contribution is -2.42. The summed E-state index contributed by atoms with van der Waals surface area (Å²) in [7, 11) is 0. The van der Waals surface area contributed by atoms with Gasteiger partial charge in [-0.1, -0.05) is 116 Å². The first-order valence-corrected chi connectivity index (χ1v) is 14.4. The van der Waals surface area contributed by atoms with Crippen LogP contribution in [0.4, 0.5) is 0 Å².